The summed E-state index contributed by atoms with van der Waals surface area (Å²) >= 11 is 0. The normalized spacial score (nSPS) is 15.2. The molecule has 0 fully saturated rings. The van der Waals surface area contributed by atoms with Crippen LogP contribution in [0.5, 0.6) is 0 Å². The fourth-order valence-electron chi connectivity index (χ4n) is 3.07. The van der Waals surface area contributed by atoms with E-state index in [-0.39, 0.29) is 15.7 Å². The maximum Gasteiger partial charge on any atom is 0.254 e. The lowest BCUT2D eigenvalue weighted by atomic mass is 9.99. The van der Waals surface area contributed by atoms with Crippen molar-refractivity contribution in [1.29, 1.82) is 0 Å². The highest BCUT2D eigenvalue weighted by Gasteiger charge is 2.21. The van der Waals surface area contributed by atoms with Crippen LogP contribution in [-0.4, -0.2) is 53.2 Å². The molecule has 0 saturated heterocycles. The number of benzene rings is 2. The van der Waals surface area contributed by atoms with Crippen LogP contribution in [0.15, 0.2) is 64.4 Å². The number of hydrogen-bond donors (Lipinski definition) is 0. The molecule has 148 valence electrons. The van der Waals surface area contributed by atoms with Gasteiger partial charge in [0, 0.05) is 31.2 Å². The standard InChI is InChI=1S/C20H21NO5S2/c1-27(23,24)18-8-6-15(7-9-18)16-10-12-21(13-11-16)20(22)17-4-3-5-19(14-17)28(2,25)26/h3-10,14H,11-13H2,1-2H3. The van der Waals surface area contributed by atoms with E-state index < -0.39 is 19.7 Å². The Morgan fingerprint density at radius 1 is 0.893 bits per heavy atom. The molecule has 0 bridgehead atoms. The third-order valence-corrected chi connectivity index (χ3v) is 6.90. The van der Waals surface area contributed by atoms with Crippen LogP contribution in [0.4, 0.5) is 0 Å². The molecule has 3 rings (SSSR count). The van der Waals surface area contributed by atoms with Crippen LogP contribution in [0.25, 0.3) is 5.57 Å². The zero-order valence-corrected chi connectivity index (χ0v) is 17.3. The predicted octanol–water partition coefficient (Wildman–Crippen LogP) is 2.42. The van der Waals surface area contributed by atoms with Crippen molar-refractivity contribution in [2.45, 2.75) is 16.2 Å². The first kappa shape index (κ1) is 20.3. The van der Waals surface area contributed by atoms with Crippen LogP contribution >= 0.6 is 0 Å². The van der Waals surface area contributed by atoms with Gasteiger partial charge in [-0.2, -0.15) is 0 Å². The van der Waals surface area contributed by atoms with E-state index in [0.29, 0.717) is 25.1 Å². The minimum atomic E-state index is -3.37. The van der Waals surface area contributed by atoms with Gasteiger partial charge in [-0.05, 0) is 47.9 Å². The Morgan fingerprint density at radius 3 is 2.07 bits per heavy atom. The van der Waals surface area contributed by atoms with Crippen LogP contribution in [0.1, 0.15) is 22.3 Å². The molecule has 28 heavy (non-hydrogen) atoms. The van der Waals surface area contributed by atoms with Crippen molar-refractivity contribution in [1.82, 2.24) is 4.90 Å². The van der Waals surface area contributed by atoms with Gasteiger partial charge in [0.05, 0.1) is 9.79 Å². The van der Waals surface area contributed by atoms with Crippen LogP contribution in [-0.2, 0) is 19.7 Å². The molecule has 0 radical (unpaired) electrons. The molecule has 2 aromatic carbocycles. The Hall–Kier alpha value is -2.45. The number of carbonyl (C=O) groups excluding carboxylic acids is 1. The lowest BCUT2D eigenvalue weighted by Crippen LogP contribution is -2.34. The SMILES string of the molecule is CS(=O)(=O)c1ccc(C2=CCN(C(=O)c3cccc(S(C)(=O)=O)c3)CC2)cc1. The third kappa shape index (κ3) is 4.51. The van der Waals surface area contributed by atoms with Gasteiger partial charge in [0.25, 0.3) is 5.91 Å². The quantitative estimate of drug-likeness (QED) is 0.759. The van der Waals surface area contributed by atoms with Gasteiger partial charge in [0.2, 0.25) is 0 Å². The summed E-state index contributed by atoms with van der Waals surface area (Å²) in [7, 11) is -6.60. The summed E-state index contributed by atoms with van der Waals surface area (Å²) in [6, 6.07) is 12.8. The monoisotopic (exact) mass is 419 g/mol. The number of amides is 1. The molecule has 1 amide bonds. The van der Waals surface area contributed by atoms with Crippen LogP contribution < -0.4 is 0 Å². The molecular formula is C20H21NO5S2. The van der Waals surface area contributed by atoms with Gasteiger partial charge in [0.15, 0.2) is 19.7 Å². The van der Waals surface area contributed by atoms with E-state index in [1.54, 1.807) is 41.3 Å². The molecule has 0 aliphatic carbocycles. The van der Waals surface area contributed by atoms with E-state index in [9.17, 15) is 21.6 Å². The van der Waals surface area contributed by atoms with E-state index in [0.717, 1.165) is 17.4 Å². The minimum Gasteiger partial charge on any atom is -0.335 e. The molecule has 0 atom stereocenters. The largest absolute Gasteiger partial charge is 0.335 e. The second-order valence-electron chi connectivity index (χ2n) is 6.83. The van der Waals surface area contributed by atoms with E-state index in [2.05, 4.69) is 0 Å². The lowest BCUT2D eigenvalue weighted by Gasteiger charge is -2.27. The summed E-state index contributed by atoms with van der Waals surface area (Å²) in [5.74, 6) is -0.215. The Balaban J connectivity index is 1.75. The first-order valence-electron chi connectivity index (χ1n) is 8.64. The first-order chi connectivity index (χ1) is 13.1. The van der Waals surface area contributed by atoms with Crippen LogP contribution in [0.3, 0.4) is 0 Å². The number of nitrogens with zero attached hydrogens (tertiary/aromatic N) is 1. The van der Waals surface area contributed by atoms with Gasteiger partial charge in [-0.1, -0.05) is 24.3 Å². The van der Waals surface area contributed by atoms with Crippen LogP contribution in [0, 0.1) is 0 Å². The fourth-order valence-corrected chi connectivity index (χ4v) is 4.37. The van der Waals surface area contributed by atoms with Crippen molar-refractivity contribution in [2.75, 3.05) is 25.6 Å². The molecule has 0 aromatic heterocycles. The number of sulfone groups is 2. The topological polar surface area (TPSA) is 88.6 Å². The zero-order valence-electron chi connectivity index (χ0n) is 15.6. The van der Waals surface area contributed by atoms with Crippen molar-refractivity contribution < 1.29 is 21.6 Å². The highest BCUT2D eigenvalue weighted by molar-refractivity contribution is 7.91. The number of hydrogen-bond acceptors (Lipinski definition) is 5. The minimum absolute atomic E-state index is 0.123. The van der Waals surface area contributed by atoms with Crippen molar-refractivity contribution in [3.05, 3.63) is 65.7 Å². The smallest absolute Gasteiger partial charge is 0.254 e. The van der Waals surface area contributed by atoms with Gasteiger partial charge >= 0.3 is 0 Å². The average molecular weight is 420 g/mol. The number of carbonyl (C=O) groups is 1. The summed E-state index contributed by atoms with van der Waals surface area (Å²) in [6.07, 6.45) is 4.86. The van der Waals surface area contributed by atoms with E-state index in [4.69, 9.17) is 0 Å². The highest BCUT2D eigenvalue weighted by Crippen LogP contribution is 2.25. The maximum absolute atomic E-state index is 12.7. The van der Waals surface area contributed by atoms with Crippen molar-refractivity contribution in [2.24, 2.45) is 0 Å². The Kier molecular flexibility index (Phi) is 5.45. The molecule has 0 spiro atoms. The second-order valence-corrected chi connectivity index (χ2v) is 10.9. The Morgan fingerprint density at radius 2 is 1.54 bits per heavy atom. The summed E-state index contributed by atoms with van der Waals surface area (Å²) in [6.45, 7) is 0.909. The summed E-state index contributed by atoms with van der Waals surface area (Å²) in [5.41, 5.74) is 2.32. The molecular weight excluding hydrogens is 398 g/mol. The first-order valence-corrected chi connectivity index (χ1v) is 12.4. The van der Waals surface area contributed by atoms with Gasteiger partial charge in [-0.15, -0.1) is 0 Å². The summed E-state index contributed by atoms with van der Waals surface area (Å²) in [4.78, 5) is 14.8. The number of rotatable bonds is 4. The van der Waals surface area contributed by atoms with E-state index >= 15 is 0 Å². The van der Waals surface area contributed by atoms with Gasteiger partial charge < -0.3 is 4.90 Å². The molecule has 1 aliphatic rings. The molecule has 0 N–H and O–H groups in total. The van der Waals surface area contributed by atoms with Gasteiger partial charge in [-0.25, -0.2) is 16.8 Å². The average Bonchev–Trinajstić information content (AvgIpc) is 2.66. The summed E-state index contributed by atoms with van der Waals surface area (Å²) < 4.78 is 46.5. The van der Waals surface area contributed by atoms with Crippen LogP contribution in [0.2, 0.25) is 0 Å². The predicted molar refractivity (Wildman–Crippen MR) is 108 cm³/mol. The second kappa shape index (κ2) is 7.52. The van der Waals surface area contributed by atoms with Gasteiger partial charge in [0.1, 0.15) is 0 Å². The molecule has 1 aliphatic heterocycles. The third-order valence-electron chi connectivity index (χ3n) is 4.66. The Labute approximate surface area is 165 Å². The van der Waals surface area contributed by atoms with E-state index in [1.807, 2.05) is 6.08 Å². The van der Waals surface area contributed by atoms with Crippen molar-refractivity contribution >= 4 is 31.2 Å². The lowest BCUT2D eigenvalue weighted by molar-refractivity contribution is 0.0772. The molecule has 2 aromatic rings. The molecule has 8 heteroatoms. The van der Waals surface area contributed by atoms with Crippen molar-refractivity contribution in [3.8, 4) is 0 Å². The molecule has 1 heterocycles. The van der Waals surface area contributed by atoms with E-state index in [1.165, 1.54) is 18.4 Å². The Bertz CT molecular complexity index is 1150. The highest BCUT2D eigenvalue weighted by atomic mass is 32.2. The van der Waals surface area contributed by atoms with Crippen molar-refractivity contribution in [3.63, 3.8) is 0 Å². The molecule has 6 nitrogen and oxygen atoms in total. The molecule has 0 saturated carbocycles. The summed E-state index contributed by atoms with van der Waals surface area (Å²) in [5, 5.41) is 0. The molecule has 0 unspecified atom stereocenters. The maximum atomic E-state index is 12.7. The fraction of sp³-hybridized carbons (Fsp3) is 0.250. The zero-order chi connectivity index (χ0) is 20.5. The van der Waals surface area contributed by atoms with Gasteiger partial charge in [-0.3, -0.25) is 4.79 Å².